The molecule has 0 atom stereocenters. The number of aryl methyl sites for hydroxylation is 1. The van der Waals surface area contributed by atoms with E-state index < -0.39 is 10.9 Å². The fourth-order valence-corrected chi connectivity index (χ4v) is 2.98. The number of carboxylic acids is 1. The minimum absolute atomic E-state index is 0.00429. The Kier molecular flexibility index (Phi) is 6.25. The van der Waals surface area contributed by atoms with Gasteiger partial charge in [0.15, 0.2) is 0 Å². The first-order valence-corrected chi connectivity index (χ1v) is 9.09. The number of thioether (sulfide) groups is 1. The minimum atomic E-state index is -1.37. The number of hydrogen-bond acceptors (Lipinski definition) is 9. The van der Waals surface area contributed by atoms with E-state index in [0.717, 1.165) is 17.3 Å². The van der Waals surface area contributed by atoms with Crippen molar-refractivity contribution < 1.29 is 24.0 Å². The first-order valence-electron chi connectivity index (χ1n) is 8.28. The molecule has 148 valence electrons. The van der Waals surface area contributed by atoms with Crippen molar-refractivity contribution in [2.45, 2.75) is 18.8 Å². The summed E-state index contributed by atoms with van der Waals surface area (Å²) in [6.45, 7) is 1.81. The number of aromatic nitrogens is 2. The van der Waals surface area contributed by atoms with E-state index in [1.807, 2.05) is 0 Å². The van der Waals surface area contributed by atoms with Crippen LogP contribution in [0.1, 0.15) is 17.0 Å². The molecule has 2 aromatic carbocycles. The summed E-state index contributed by atoms with van der Waals surface area (Å²) < 4.78 is 10.9. The van der Waals surface area contributed by atoms with Crippen molar-refractivity contribution in [3.8, 4) is 5.75 Å². The Morgan fingerprint density at radius 1 is 1.24 bits per heavy atom. The highest BCUT2D eigenvalue weighted by Crippen LogP contribution is 2.27. The predicted octanol–water partition coefficient (Wildman–Crippen LogP) is 2.75. The maximum atomic E-state index is 11.4. The highest BCUT2D eigenvalue weighted by molar-refractivity contribution is 8.03. The highest BCUT2D eigenvalue weighted by atomic mass is 32.2. The molecule has 10 heteroatoms. The Labute approximate surface area is 169 Å². The number of nitrogens with zero attached hydrogens (tertiary/aromatic N) is 3. The van der Waals surface area contributed by atoms with Gasteiger partial charge in [0.25, 0.3) is 10.9 Å². The van der Waals surface area contributed by atoms with Gasteiger partial charge in [-0.05, 0) is 53.2 Å². The lowest BCUT2D eigenvalue weighted by atomic mass is 10.2. The van der Waals surface area contributed by atoms with E-state index in [4.69, 9.17) is 9.15 Å². The normalized spacial score (nSPS) is 11.3. The largest absolute Gasteiger partial charge is 0.544 e. The van der Waals surface area contributed by atoms with Gasteiger partial charge in [0.1, 0.15) is 12.4 Å². The number of carboxylic acid groups (broad SMARTS) is 1. The number of carbonyl (C=O) groups excluding carboxylic acids is 1. The van der Waals surface area contributed by atoms with Gasteiger partial charge in [-0.15, -0.1) is 10.2 Å². The molecule has 0 aliphatic heterocycles. The number of aliphatic carboxylic acids is 1. The molecule has 0 N–H and O–H groups in total. The minimum Gasteiger partial charge on any atom is -0.544 e. The Hall–Kier alpha value is -3.66. The van der Waals surface area contributed by atoms with Gasteiger partial charge in [-0.1, -0.05) is 12.1 Å². The van der Waals surface area contributed by atoms with Gasteiger partial charge >= 0.3 is 0 Å². The van der Waals surface area contributed by atoms with Gasteiger partial charge < -0.3 is 19.1 Å². The third-order valence-electron chi connectivity index (χ3n) is 3.61. The highest BCUT2D eigenvalue weighted by Gasteiger charge is 2.09. The molecule has 1 heterocycles. The third-order valence-corrected chi connectivity index (χ3v) is 4.46. The topological polar surface area (TPSA) is 131 Å². The van der Waals surface area contributed by atoms with Gasteiger partial charge in [-0.3, -0.25) is 10.1 Å². The zero-order chi connectivity index (χ0) is 20.8. The second-order valence-electron chi connectivity index (χ2n) is 5.77. The van der Waals surface area contributed by atoms with Crippen LogP contribution in [-0.2, 0) is 11.4 Å². The Morgan fingerprint density at radius 3 is 2.62 bits per heavy atom. The van der Waals surface area contributed by atoms with Crippen LogP contribution in [0.25, 0.3) is 6.08 Å². The quantitative estimate of drug-likeness (QED) is 0.237. The van der Waals surface area contributed by atoms with E-state index in [0.29, 0.717) is 17.2 Å². The zero-order valence-corrected chi connectivity index (χ0v) is 15.9. The fourth-order valence-electron chi connectivity index (χ4n) is 2.27. The smallest absolute Gasteiger partial charge is 0.281 e. The van der Waals surface area contributed by atoms with Gasteiger partial charge in [0, 0.05) is 24.0 Å². The standard InChI is InChI=1S/C19H15N3O6S/c1-12-20-21-19(28-12)29-17(18(23)24)10-14-3-2-4-16(9-14)27-11-13-5-7-15(8-6-13)22(25)26/h2-10H,11H2,1H3,(H,23,24)/p-1/b17-10-. The van der Waals surface area contributed by atoms with Crippen LogP contribution in [0.2, 0.25) is 0 Å². The Bertz CT molecular complexity index is 1060. The lowest BCUT2D eigenvalue weighted by molar-refractivity contribution is -0.384. The van der Waals surface area contributed by atoms with Crippen molar-refractivity contribution in [3.05, 3.63) is 80.6 Å². The van der Waals surface area contributed by atoms with Crippen molar-refractivity contribution in [1.29, 1.82) is 0 Å². The first-order chi connectivity index (χ1) is 13.9. The summed E-state index contributed by atoms with van der Waals surface area (Å²) >= 11 is 0.795. The number of rotatable bonds is 8. The number of hydrogen-bond donors (Lipinski definition) is 0. The van der Waals surface area contributed by atoms with Crippen LogP contribution in [0.4, 0.5) is 5.69 Å². The summed E-state index contributed by atoms with van der Waals surface area (Å²) in [6.07, 6.45) is 1.41. The molecule has 0 saturated heterocycles. The van der Waals surface area contributed by atoms with E-state index in [2.05, 4.69) is 10.2 Å². The Morgan fingerprint density at radius 2 is 2.00 bits per heavy atom. The number of nitro benzene ring substituents is 1. The van der Waals surface area contributed by atoms with Crippen LogP contribution in [0, 0.1) is 17.0 Å². The second-order valence-corrected chi connectivity index (χ2v) is 6.76. The summed E-state index contributed by atoms with van der Waals surface area (Å²) in [5, 5.41) is 29.6. The van der Waals surface area contributed by atoms with Crippen LogP contribution in [0.5, 0.6) is 5.75 Å². The van der Waals surface area contributed by atoms with Crippen LogP contribution in [0.3, 0.4) is 0 Å². The van der Waals surface area contributed by atoms with Gasteiger partial charge in [0.05, 0.1) is 10.9 Å². The maximum absolute atomic E-state index is 11.4. The lowest BCUT2D eigenvalue weighted by Gasteiger charge is -2.08. The molecule has 1 aromatic heterocycles. The molecule has 0 amide bonds. The van der Waals surface area contributed by atoms with Gasteiger partial charge in [0.2, 0.25) is 5.89 Å². The zero-order valence-electron chi connectivity index (χ0n) is 15.1. The Balaban J connectivity index is 1.71. The molecule has 0 spiro atoms. The molecule has 0 aliphatic carbocycles. The van der Waals surface area contributed by atoms with Crippen LogP contribution < -0.4 is 9.84 Å². The molecule has 0 aliphatic rings. The van der Waals surface area contributed by atoms with Crippen molar-refractivity contribution >= 4 is 29.5 Å². The first kappa shape index (κ1) is 20.1. The van der Waals surface area contributed by atoms with E-state index in [-0.39, 0.29) is 22.4 Å². The van der Waals surface area contributed by atoms with Crippen LogP contribution in [0.15, 0.2) is 63.1 Å². The SMILES string of the molecule is Cc1nnc(S/C(=C\c2cccc(OCc3ccc([N+](=O)[O-])cc3)c2)C(=O)[O-])o1. The maximum Gasteiger partial charge on any atom is 0.281 e. The molecule has 9 nitrogen and oxygen atoms in total. The molecule has 0 bridgehead atoms. The van der Waals surface area contributed by atoms with E-state index in [1.165, 1.54) is 18.2 Å². The van der Waals surface area contributed by atoms with E-state index in [9.17, 15) is 20.0 Å². The number of ether oxygens (including phenoxy) is 1. The summed E-state index contributed by atoms with van der Waals surface area (Å²) in [6, 6.07) is 12.8. The van der Waals surface area contributed by atoms with Crippen molar-refractivity contribution in [3.63, 3.8) is 0 Å². The predicted molar refractivity (Wildman–Crippen MR) is 102 cm³/mol. The van der Waals surface area contributed by atoms with Gasteiger partial charge in [-0.25, -0.2) is 0 Å². The molecule has 0 fully saturated rings. The van der Waals surface area contributed by atoms with E-state index >= 15 is 0 Å². The molecular formula is C19H14N3O6S-. The monoisotopic (exact) mass is 412 g/mol. The fraction of sp³-hybridized carbons (Fsp3) is 0.105. The van der Waals surface area contributed by atoms with E-state index in [1.54, 1.807) is 43.3 Å². The van der Waals surface area contributed by atoms with Crippen molar-refractivity contribution in [1.82, 2.24) is 10.2 Å². The number of nitro groups is 1. The number of benzene rings is 2. The molecule has 3 aromatic rings. The summed E-state index contributed by atoms with van der Waals surface area (Å²) in [4.78, 5) is 21.5. The van der Waals surface area contributed by atoms with Crippen molar-refractivity contribution in [2.75, 3.05) is 0 Å². The average molecular weight is 412 g/mol. The molecule has 29 heavy (non-hydrogen) atoms. The number of non-ortho nitro benzene ring substituents is 1. The summed E-state index contributed by atoms with van der Waals surface area (Å²) in [5.41, 5.74) is 1.34. The molecule has 3 rings (SSSR count). The lowest BCUT2D eigenvalue weighted by Crippen LogP contribution is -2.23. The van der Waals surface area contributed by atoms with Crippen LogP contribution >= 0.6 is 11.8 Å². The third kappa shape index (κ3) is 5.66. The molecule has 0 unspecified atom stereocenters. The number of carbonyl (C=O) groups is 1. The molecule has 0 saturated carbocycles. The van der Waals surface area contributed by atoms with Crippen LogP contribution in [-0.4, -0.2) is 21.1 Å². The molecular weight excluding hydrogens is 398 g/mol. The second kappa shape index (κ2) is 9.02. The summed E-state index contributed by atoms with van der Waals surface area (Å²) in [7, 11) is 0. The molecule has 0 radical (unpaired) electrons. The van der Waals surface area contributed by atoms with Crippen molar-refractivity contribution in [2.24, 2.45) is 0 Å². The average Bonchev–Trinajstić information content (AvgIpc) is 3.11. The van der Waals surface area contributed by atoms with Gasteiger partial charge in [-0.2, -0.15) is 0 Å². The summed E-state index contributed by atoms with van der Waals surface area (Å²) in [5.74, 6) is -0.539.